The summed E-state index contributed by atoms with van der Waals surface area (Å²) in [7, 11) is -1.53. The van der Waals surface area contributed by atoms with Gasteiger partial charge in [0.05, 0.1) is 17.4 Å². The predicted molar refractivity (Wildman–Crippen MR) is 75.2 cm³/mol. The normalized spacial score (nSPS) is 20.4. The van der Waals surface area contributed by atoms with E-state index in [0.29, 0.717) is 17.7 Å². The van der Waals surface area contributed by atoms with Crippen LogP contribution in [0.15, 0.2) is 24.3 Å². The fraction of sp³-hybridized carbons (Fsp3) is 0.385. The second-order valence-corrected chi connectivity index (χ2v) is 6.97. The van der Waals surface area contributed by atoms with Gasteiger partial charge in [-0.15, -0.1) is 0 Å². The minimum Gasteiger partial charge on any atom is -0.355 e. The molecule has 0 bridgehead atoms. The van der Waals surface area contributed by atoms with Crippen molar-refractivity contribution in [3.63, 3.8) is 0 Å². The van der Waals surface area contributed by atoms with Crippen LogP contribution in [0.2, 0.25) is 0 Å². The SMILES string of the molecule is CNC(=O)c1ccc(NC(=O)C2CCS(=O)(=O)C2)cc1. The summed E-state index contributed by atoms with van der Waals surface area (Å²) in [6.07, 6.45) is 0.366. The lowest BCUT2D eigenvalue weighted by Gasteiger charge is -2.09. The van der Waals surface area contributed by atoms with E-state index in [4.69, 9.17) is 0 Å². The summed E-state index contributed by atoms with van der Waals surface area (Å²) in [6, 6.07) is 6.43. The van der Waals surface area contributed by atoms with E-state index in [0.717, 1.165) is 0 Å². The van der Waals surface area contributed by atoms with Gasteiger partial charge in [0, 0.05) is 18.3 Å². The highest BCUT2D eigenvalue weighted by Crippen LogP contribution is 2.20. The number of rotatable bonds is 3. The molecule has 2 N–H and O–H groups in total. The molecule has 0 aromatic heterocycles. The Bertz CT molecular complexity index is 622. The molecule has 7 heteroatoms. The zero-order valence-electron chi connectivity index (χ0n) is 11.0. The molecule has 0 radical (unpaired) electrons. The third-order valence-electron chi connectivity index (χ3n) is 3.24. The second kappa shape index (κ2) is 5.62. The Kier molecular flexibility index (Phi) is 4.08. The first-order valence-electron chi connectivity index (χ1n) is 6.25. The summed E-state index contributed by atoms with van der Waals surface area (Å²) < 4.78 is 22.7. The van der Waals surface area contributed by atoms with Crippen molar-refractivity contribution in [2.45, 2.75) is 6.42 Å². The van der Waals surface area contributed by atoms with Gasteiger partial charge in [0.2, 0.25) is 5.91 Å². The molecule has 1 aliphatic heterocycles. The molecule has 1 unspecified atom stereocenters. The van der Waals surface area contributed by atoms with Gasteiger partial charge in [-0.25, -0.2) is 8.42 Å². The van der Waals surface area contributed by atoms with Crippen molar-refractivity contribution in [3.8, 4) is 0 Å². The molecule has 20 heavy (non-hydrogen) atoms. The first-order chi connectivity index (χ1) is 9.41. The monoisotopic (exact) mass is 296 g/mol. The summed E-state index contributed by atoms with van der Waals surface area (Å²) in [5, 5.41) is 5.17. The predicted octanol–water partition coefficient (Wildman–Crippen LogP) is 0.419. The molecule has 1 aliphatic rings. The van der Waals surface area contributed by atoms with Crippen LogP contribution in [-0.2, 0) is 14.6 Å². The van der Waals surface area contributed by atoms with Crippen LogP contribution in [0.25, 0.3) is 0 Å². The van der Waals surface area contributed by atoms with Crippen molar-refractivity contribution in [2.24, 2.45) is 5.92 Å². The van der Waals surface area contributed by atoms with Crippen molar-refractivity contribution >= 4 is 27.3 Å². The van der Waals surface area contributed by atoms with Gasteiger partial charge in [0.1, 0.15) is 0 Å². The van der Waals surface area contributed by atoms with Crippen molar-refractivity contribution < 1.29 is 18.0 Å². The molecule has 2 rings (SSSR count). The van der Waals surface area contributed by atoms with E-state index in [-0.39, 0.29) is 23.3 Å². The summed E-state index contributed by atoms with van der Waals surface area (Å²) in [6.45, 7) is 0. The fourth-order valence-corrected chi connectivity index (χ4v) is 3.84. The largest absolute Gasteiger partial charge is 0.355 e. The molecule has 1 saturated heterocycles. The third kappa shape index (κ3) is 3.36. The van der Waals surface area contributed by atoms with Crippen LogP contribution in [0.4, 0.5) is 5.69 Å². The Morgan fingerprint density at radius 2 is 1.85 bits per heavy atom. The van der Waals surface area contributed by atoms with Gasteiger partial charge in [0.15, 0.2) is 9.84 Å². The lowest BCUT2D eigenvalue weighted by Crippen LogP contribution is -2.23. The Balaban J connectivity index is 2.00. The average molecular weight is 296 g/mol. The lowest BCUT2D eigenvalue weighted by atomic mass is 10.1. The van der Waals surface area contributed by atoms with E-state index >= 15 is 0 Å². The molecule has 1 aromatic carbocycles. The highest BCUT2D eigenvalue weighted by atomic mass is 32.2. The highest BCUT2D eigenvalue weighted by molar-refractivity contribution is 7.91. The summed E-state index contributed by atoms with van der Waals surface area (Å²) in [4.78, 5) is 23.3. The van der Waals surface area contributed by atoms with Gasteiger partial charge in [0.25, 0.3) is 5.91 Å². The molecular weight excluding hydrogens is 280 g/mol. The van der Waals surface area contributed by atoms with E-state index < -0.39 is 15.8 Å². The van der Waals surface area contributed by atoms with Crippen LogP contribution >= 0.6 is 0 Å². The Hall–Kier alpha value is -1.89. The zero-order chi connectivity index (χ0) is 14.8. The Labute approximate surface area is 117 Å². The average Bonchev–Trinajstić information content (AvgIpc) is 2.79. The van der Waals surface area contributed by atoms with Crippen LogP contribution < -0.4 is 10.6 Å². The van der Waals surface area contributed by atoms with Gasteiger partial charge < -0.3 is 10.6 Å². The number of anilines is 1. The molecule has 1 heterocycles. The van der Waals surface area contributed by atoms with Crippen LogP contribution in [0.1, 0.15) is 16.8 Å². The molecule has 108 valence electrons. The van der Waals surface area contributed by atoms with Gasteiger partial charge in [-0.2, -0.15) is 0 Å². The number of carbonyl (C=O) groups is 2. The minimum atomic E-state index is -3.07. The number of carbonyl (C=O) groups excluding carboxylic acids is 2. The third-order valence-corrected chi connectivity index (χ3v) is 5.01. The van der Waals surface area contributed by atoms with Crippen LogP contribution in [0.5, 0.6) is 0 Å². The smallest absolute Gasteiger partial charge is 0.251 e. The fourth-order valence-electron chi connectivity index (χ4n) is 2.10. The van der Waals surface area contributed by atoms with Crippen molar-refractivity contribution in [1.29, 1.82) is 0 Å². The molecule has 0 aliphatic carbocycles. The standard InChI is InChI=1S/C13H16N2O4S/c1-14-12(16)9-2-4-11(5-3-9)15-13(17)10-6-7-20(18,19)8-10/h2-5,10H,6-8H2,1H3,(H,14,16)(H,15,17). The van der Waals surface area contributed by atoms with E-state index in [1.807, 2.05) is 0 Å². The summed E-state index contributed by atoms with van der Waals surface area (Å²) >= 11 is 0. The molecule has 1 fully saturated rings. The van der Waals surface area contributed by atoms with Gasteiger partial charge >= 0.3 is 0 Å². The topological polar surface area (TPSA) is 92.3 Å². The quantitative estimate of drug-likeness (QED) is 0.845. The molecule has 1 aromatic rings. The number of nitrogens with one attached hydrogen (secondary N) is 2. The number of hydrogen-bond acceptors (Lipinski definition) is 4. The summed E-state index contributed by atoms with van der Waals surface area (Å²) in [5.41, 5.74) is 1.04. The molecule has 1 atom stereocenters. The van der Waals surface area contributed by atoms with Gasteiger partial charge in [-0.3, -0.25) is 9.59 Å². The van der Waals surface area contributed by atoms with E-state index in [1.54, 1.807) is 31.3 Å². The maximum atomic E-state index is 11.9. The van der Waals surface area contributed by atoms with Gasteiger partial charge in [-0.1, -0.05) is 0 Å². The molecule has 0 saturated carbocycles. The first-order valence-corrected chi connectivity index (χ1v) is 8.07. The van der Waals surface area contributed by atoms with E-state index in [9.17, 15) is 18.0 Å². The Morgan fingerprint density at radius 3 is 2.35 bits per heavy atom. The molecule has 6 nitrogen and oxygen atoms in total. The second-order valence-electron chi connectivity index (χ2n) is 4.75. The zero-order valence-corrected chi connectivity index (χ0v) is 11.9. The van der Waals surface area contributed by atoms with Crippen molar-refractivity contribution in [3.05, 3.63) is 29.8 Å². The number of amides is 2. The van der Waals surface area contributed by atoms with Crippen LogP contribution in [0.3, 0.4) is 0 Å². The van der Waals surface area contributed by atoms with Crippen molar-refractivity contribution in [2.75, 3.05) is 23.9 Å². The van der Waals surface area contributed by atoms with Gasteiger partial charge in [-0.05, 0) is 30.7 Å². The number of benzene rings is 1. The maximum absolute atomic E-state index is 11.9. The molecule has 2 amide bonds. The lowest BCUT2D eigenvalue weighted by molar-refractivity contribution is -0.119. The summed E-state index contributed by atoms with van der Waals surface area (Å²) in [5.74, 6) is -1.00. The van der Waals surface area contributed by atoms with E-state index in [1.165, 1.54) is 0 Å². The molecular formula is C13H16N2O4S. The Morgan fingerprint density at radius 1 is 1.20 bits per heavy atom. The van der Waals surface area contributed by atoms with Crippen LogP contribution in [0, 0.1) is 5.92 Å². The first kappa shape index (κ1) is 14.5. The highest BCUT2D eigenvalue weighted by Gasteiger charge is 2.32. The molecule has 0 spiro atoms. The minimum absolute atomic E-state index is 0.0701. The van der Waals surface area contributed by atoms with E-state index in [2.05, 4.69) is 10.6 Å². The van der Waals surface area contributed by atoms with Crippen molar-refractivity contribution in [1.82, 2.24) is 5.32 Å². The van der Waals surface area contributed by atoms with Crippen LogP contribution in [-0.4, -0.2) is 38.8 Å². The maximum Gasteiger partial charge on any atom is 0.251 e. The number of sulfone groups is 1. The number of hydrogen-bond donors (Lipinski definition) is 2.